The molecule has 0 saturated heterocycles. The molecule has 1 aromatic rings. The van der Waals surface area contributed by atoms with Gasteiger partial charge >= 0.3 is 0 Å². The number of Topliss-reactive ketones (excluding diaryl/α,β-unsaturated/α-hetero) is 1. The molecule has 0 spiro atoms. The molecule has 2 N–H and O–H groups in total. The Hall–Kier alpha value is -1.04. The first-order chi connectivity index (χ1) is 9.85. The summed E-state index contributed by atoms with van der Waals surface area (Å²) in [6.07, 6.45) is 0. The number of hydrogen-bond acceptors (Lipinski definition) is 4. The fourth-order valence-electron chi connectivity index (χ4n) is 1.84. The van der Waals surface area contributed by atoms with Gasteiger partial charge in [0.25, 0.3) is 0 Å². The zero-order valence-electron chi connectivity index (χ0n) is 13.4. The summed E-state index contributed by atoms with van der Waals surface area (Å²) in [4.78, 5) is 25.6. The molecule has 124 valence electrons. The quantitative estimate of drug-likeness (QED) is 0.736. The van der Waals surface area contributed by atoms with Gasteiger partial charge in [0.05, 0.1) is 11.5 Å². The van der Waals surface area contributed by atoms with Gasteiger partial charge < -0.3 is 10.6 Å². The van der Waals surface area contributed by atoms with Gasteiger partial charge in [-0.2, -0.15) is 0 Å². The molecule has 4 nitrogen and oxygen atoms in total. The Labute approximate surface area is 143 Å². The van der Waals surface area contributed by atoms with Crippen LogP contribution in [0.25, 0.3) is 0 Å². The van der Waals surface area contributed by atoms with E-state index in [1.165, 1.54) is 11.8 Å². The van der Waals surface area contributed by atoms with Crippen molar-refractivity contribution in [3.8, 4) is 0 Å². The lowest BCUT2D eigenvalue weighted by Gasteiger charge is -2.29. The van der Waals surface area contributed by atoms with Crippen molar-refractivity contribution in [3.05, 3.63) is 35.9 Å². The first-order valence-electron chi connectivity index (χ1n) is 6.96. The molecule has 1 aromatic carbocycles. The highest BCUT2D eigenvalue weighted by Crippen LogP contribution is 2.15. The number of rotatable bonds is 8. The molecule has 22 heavy (non-hydrogen) atoms. The van der Waals surface area contributed by atoms with Crippen LogP contribution in [-0.4, -0.2) is 48.2 Å². The van der Waals surface area contributed by atoms with Gasteiger partial charge in [-0.1, -0.05) is 44.2 Å². The van der Waals surface area contributed by atoms with E-state index in [1.807, 2.05) is 32.0 Å². The van der Waals surface area contributed by atoms with Crippen molar-refractivity contribution in [2.24, 2.45) is 11.1 Å². The number of hydrogen-bond donors (Lipinski definition) is 1. The van der Waals surface area contributed by atoms with E-state index in [0.717, 1.165) is 0 Å². The SMILES string of the molecule is CN(CC(C)(C)CN)C(=O)CSCC(=O)c1ccccc1.Cl. The number of halogens is 1. The smallest absolute Gasteiger partial charge is 0.232 e. The summed E-state index contributed by atoms with van der Waals surface area (Å²) in [5.74, 6) is 0.722. The summed E-state index contributed by atoms with van der Waals surface area (Å²) in [6.45, 7) is 5.21. The second-order valence-corrected chi connectivity index (χ2v) is 6.89. The van der Waals surface area contributed by atoms with Crippen molar-refractivity contribution in [1.29, 1.82) is 0 Å². The summed E-state index contributed by atoms with van der Waals surface area (Å²) in [5.41, 5.74) is 6.27. The van der Waals surface area contributed by atoms with Gasteiger partial charge in [-0.25, -0.2) is 0 Å². The average molecular weight is 345 g/mol. The molecule has 1 amide bonds. The van der Waals surface area contributed by atoms with Crippen LogP contribution in [0.4, 0.5) is 0 Å². The van der Waals surface area contributed by atoms with Crippen LogP contribution in [-0.2, 0) is 4.79 Å². The van der Waals surface area contributed by atoms with Crippen molar-refractivity contribution in [3.63, 3.8) is 0 Å². The summed E-state index contributed by atoms with van der Waals surface area (Å²) in [5, 5.41) is 0. The van der Waals surface area contributed by atoms with Crippen LogP contribution >= 0.6 is 24.2 Å². The average Bonchev–Trinajstić information content (AvgIpc) is 2.47. The van der Waals surface area contributed by atoms with Crippen molar-refractivity contribution in [2.45, 2.75) is 13.8 Å². The van der Waals surface area contributed by atoms with Crippen molar-refractivity contribution in [1.82, 2.24) is 4.90 Å². The number of thioether (sulfide) groups is 1. The third-order valence-electron chi connectivity index (χ3n) is 3.20. The highest BCUT2D eigenvalue weighted by atomic mass is 35.5. The number of nitrogens with zero attached hydrogens (tertiary/aromatic N) is 1. The Balaban J connectivity index is 0.00000441. The zero-order chi connectivity index (χ0) is 15.9. The van der Waals surface area contributed by atoms with E-state index in [1.54, 1.807) is 24.1 Å². The van der Waals surface area contributed by atoms with Crippen LogP contribution in [0.5, 0.6) is 0 Å². The van der Waals surface area contributed by atoms with E-state index in [-0.39, 0.29) is 29.5 Å². The maximum Gasteiger partial charge on any atom is 0.232 e. The number of carbonyl (C=O) groups is 2. The molecule has 6 heteroatoms. The van der Waals surface area contributed by atoms with Gasteiger partial charge in [-0.05, 0) is 12.0 Å². The minimum Gasteiger partial charge on any atom is -0.344 e. The molecule has 1 rings (SSSR count). The molecule has 0 aliphatic heterocycles. The lowest BCUT2D eigenvalue weighted by Crippen LogP contribution is -2.40. The van der Waals surface area contributed by atoms with Crippen LogP contribution in [0.2, 0.25) is 0 Å². The lowest BCUT2D eigenvalue weighted by atomic mass is 9.93. The van der Waals surface area contributed by atoms with Gasteiger partial charge in [0.2, 0.25) is 5.91 Å². The second kappa shape index (κ2) is 9.87. The Morgan fingerprint density at radius 3 is 2.32 bits per heavy atom. The number of ketones is 1. The topological polar surface area (TPSA) is 63.4 Å². The largest absolute Gasteiger partial charge is 0.344 e. The molecule has 0 radical (unpaired) electrons. The number of benzene rings is 1. The highest BCUT2D eigenvalue weighted by molar-refractivity contribution is 8.00. The van der Waals surface area contributed by atoms with Crippen LogP contribution in [0.3, 0.4) is 0 Å². The predicted octanol–water partition coefficient (Wildman–Crippen LogP) is 2.47. The molecule has 0 atom stereocenters. The van der Waals surface area contributed by atoms with Gasteiger partial charge in [0.15, 0.2) is 5.78 Å². The Bertz CT molecular complexity index is 480. The summed E-state index contributed by atoms with van der Waals surface area (Å²) >= 11 is 1.35. The van der Waals surface area contributed by atoms with Crippen molar-refractivity contribution in [2.75, 3.05) is 31.6 Å². The molecule has 0 aliphatic carbocycles. The number of amides is 1. The monoisotopic (exact) mass is 344 g/mol. The fraction of sp³-hybridized carbons (Fsp3) is 0.500. The minimum absolute atomic E-state index is 0. The van der Waals surface area contributed by atoms with Crippen LogP contribution in [0, 0.1) is 5.41 Å². The highest BCUT2D eigenvalue weighted by Gasteiger charge is 2.21. The Kier molecular flexibility index (Phi) is 9.41. The molecule has 0 aromatic heterocycles. The predicted molar refractivity (Wildman–Crippen MR) is 95.8 cm³/mol. The normalized spacial score (nSPS) is 10.7. The first kappa shape index (κ1) is 21.0. The molecule has 0 fully saturated rings. The molecule has 0 aliphatic rings. The van der Waals surface area contributed by atoms with Crippen molar-refractivity contribution < 1.29 is 9.59 Å². The number of carbonyl (C=O) groups excluding carboxylic acids is 2. The molecule has 0 bridgehead atoms. The third kappa shape index (κ3) is 7.29. The molecule has 0 unspecified atom stereocenters. The molecule has 0 heterocycles. The van der Waals surface area contributed by atoms with E-state index >= 15 is 0 Å². The lowest BCUT2D eigenvalue weighted by molar-refractivity contribution is -0.128. The fourth-order valence-corrected chi connectivity index (χ4v) is 2.69. The maximum atomic E-state index is 12.0. The van der Waals surface area contributed by atoms with Crippen LogP contribution in [0.15, 0.2) is 30.3 Å². The summed E-state index contributed by atoms with van der Waals surface area (Å²) in [7, 11) is 1.78. The standard InChI is InChI=1S/C16H24N2O2S.ClH/c1-16(2,11-17)12-18(3)15(20)10-21-9-14(19)13-7-5-4-6-8-13;/h4-8H,9-12,17H2,1-3H3;1H. The maximum absolute atomic E-state index is 12.0. The van der Waals surface area contributed by atoms with E-state index in [2.05, 4.69) is 0 Å². The van der Waals surface area contributed by atoms with Gasteiger partial charge in [-0.15, -0.1) is 24.2 Å². The van der Waals surface area contributed by atoms with E-state index in [0.29, 0.717) is 30.2 Å². The summed E-state index contributed by atoms with van der Waals surface area (Å²) < 4.78 is 0. The van der Waals surface area contributed by atoms with E-state index in [4.69, 9.17) is 5.73 Å². The van der Waals surface area contributed by atoms with Gasteiger partial charge in [-0.3, -0.25) is 9.59 Å². The minimum atomic E-state index is -0.0884. The second-order valence-electron chi connectivity index (χ2n) is 5.90. The molecule has 0 saturated carbocycles. The van der Waals surface area contributed by atoms with Crippen LogP contribution < -0.4 is 5.73 Å². The van der Waals surface area contributed by atoms with Crippen LogP contribution in [0.1, 0.15) is 24.2 Å². The first-order valence-corrected chi connectivity index (χ1v) is 8.11. The number of nitrogens with two attached hydrogens (primary N) is 1. The Morgan fingerprint density at radius 1 is 1.18 bits per heavy atom. The van der Waals surface area contributed by atoms with E-state index < -0.39 is 0 Å². The van der Waals surface area contributed by atoms with Gasteiger partial charge in [0.1, 0.15) is 0 Å². The molecular formula is C16H25ClN2O2S. The third-order valence-corrected chi connectivity index (χ3v) is 4.12. The summed E-state index contributed by atoms with van der Waals surface area (Å²) in [6, 6.07) is 9.14. The zero-order valence-corrected chi connectivity index (χ0v) is 15.0. The molecular weight excluding hydrogens is 320 g/mol. The van der Waals surface area contributed by atoms with E-state index in [9.17, 15) is 9.59 Å². The van der Waals surface area contributed by atoms with Crippen molar-refractivity contribution >= 4 is 35.9 Å². The Morgan fingerprint density at radius 2 is 1.77 bits per heavy atom. The van der Waals surface area contributed by atoms with Gasteiger partial charge in [0, 0.05) is 19.2 Å².